The number of para-hydroxylation sites is 4. The van der Waals surface area contributed by atoms with Crippen LogP contribution in [0, 0.1) is 35.4 Å². The van der Waals surface area contributed by atoms with Gasteiger partial charge in [-0.25, -0.2) is 14.4 Å². The summed E-state index contributed by atoms with van der Waals surface area (Å²) in [5.41, 5.74) is 5.89. The van der Waals surface area contributed by atoms with Crippen LogP contribution < -0.4 is 9.80 Å². The number of imide groups is 2. The number of fused-ring (bicyclic) bond motifs is 6. The molecule has 3 fully saturated rings. The zero-order valence-corrected chi connectivity index (χ0v) is 30.5. The van der Waals surface area contributed by atoms with Gasteiger partial charge in [-0.3, -0.25) is 29.0 Å². The molecule has 0 bridgehead atoms. The molecule has 2 aliphatic heterocycles. The lowest BCUT2D eigenvalue weighted by atomic mass is 9.57. The Morgan fingerprint density at radius 3 is 1.69 bits per heavy atom. The van der Waals surface area contributed by atoms with Gasteiger partial charge in [-0.15, -0.1) is 0 Å². The third kappa shape index (κ3) is 5.03. The van der Waals surface area contributed by atoms with Crippen LogP contribution in [-0.4, -0.2) is 38.7 Å². The molecule has 2 aromatic heterocycles. The minimum absolute atomic E-state index is 0.153. The largest absolute Gasteiger partial charge is 0.505 e. The minimum Gasteiger partial charge on any atom is -0.505 e. The molecule has 11 nitrogen and oxygen atoms in total. The first-order valence-corrected chi connectivity index (χ1v) is 19.1. The summed E-state index contributed by atoms with van der Waals surface area (Å²) in [7, 11) is 0. The summed E-state index contributed by atoms with van der Waals surface area (Å²) in [5, 5.41) is 10.1. The monoisotopic (exact) mass is 770 g/mol. The molecular formula is C46H31FN4O7. The Morgan fingerprint density at radius 1 is 0.603 bits per heavy atom. The standard InChI is InChI=1S/C46H31FN4O7/c47-32-21-25(13-20-35(32)52)38-28-18-19-29-39(45(55)50(43(29)53)26-14-9-23(10-15-26)41-48-33-5-1-3-7-36(33)57-41)30(28)22-31-40(38)46(56)51(44(31)54)27-16-11-24(12-17-27)42-49-34-6-2-4-8-37(34)58-42/h1-18,20-21,29-31,38-40,52H,19,22H2. The molecule has 6 atom stereocenters. The summed E-state index contributed by atoms with van der Waals surface area (Å²) < 4.78 is 26.9. The van der Waals surface area contributed by atoms with Crippen LogP contribution in [0.15, 0.2) is 136 Å². The second-order valence-electron chi connectivity index (χ2n) is 15.3. The van der Waals surface area contributed by atoms with Gasteiger partial charge in [0.05, 0.1) is 35.0 Å². The highest BCUT2D eigenvalue weighted by Crippen LogP contribution is 2.58. The predicted octanol–water partition coefficient (Wildman–Crippen LogP) is 8.19. The van der Waals surface area contributed by atoms with Crippen molar-refractivity contribution in [3.05, 3.63) is 138 Å². The highest BCUT2D eigenvalue weighted by molar-refractivity contribution is 6.24. The van der Waals surface area contributed by atoms with E-state index in [1.807, 2.05) is 54.6 Å². The van der Waals surface area contributed by atoms with Gasteiger partial charge in [0.2, 0.25) is 35.4 Å². The van der Waals surface area contributed by atoms with Crippen LogP contribution in [0.5, 0.6) is 5.75 Å². The van der Waals surface area contributed by atoms with Gasteiger partial charge in [0.1, 0.15) is 11.0 Å². The number of halogens is 1. The molecule has 58 heavy (non-hydrogen) atoms. The molecule has 7 aromatic rings. The van der Waals surface area contributed by atoms with Crippen LogP contribution in [0.3, 0.4) is 0 Å². The average Bonchev–Trinajstić information content (AvgIpc) is 4.00. The van der Waals surface area contributed by atoms with Crippen molar-refractivity contribution in [3.8, 4) is 28.7 Å². The summed E-state index contributed by atoms with van der Waals surface area (Å²) in [5.74, 6) is -6.85. The van der Waals surface area contributed by atoms with Crippen LogP contribution in [0.4, 0.5) is 15.8 Å². The molecular weight excluding hydrogens is 740 g/mol. The Hall–Kier alpha value is -7.21. The summed E-state index contributed by atoms with van der Waals surface area (Å²) >= 11 is 0. The molecule has 1 N–H and O–H groups in total. The number of anilines is 2. The Labute approximate surface area is 329 Å². The lowest BCUT2D eigenvalue weighted by molar-refractivity contribution is -0.126. The number of oxazole rings is 2. The minimum atomic E-state index is -0.907. The molecule has 2 aliphatic carbocycles. The lowest BCUT2D eigenvalue weighted by Gasteiger charge is -2.44. The van der Waals surface area contributed by atoms with Gasteiger partial charge in [0, 0.05) is 17.0 Å². The maximum absolute atomic E-state index is 15.1. The third-order valence-corrected chi connectivity index (χ3v) is 12.3. The number of phenolic OH excluding ortho intramolecular Hbond substituents is 1. The summed E-state index contributed by atoms with van der Waals surface area (Å²) in [6.07, 6.45) is 2.29. The van der Waals surface area contributed by atoms with E-state index in [1.54, 1.807) is 54.6 Å². The number of aromatic hydroxyl groups is 1. The van der Waals surface area contributed by atoms with Crippen molar-refractivity contribution in [1.82, 2.24) is 9.97 Å². The van der Waals surface area contributed by atoms with Crippen molar-refractivity contribution in [2.75, 3.05) is 9.80 Å². The maximum Gasteiger partial charge on any atom is 0.238 e. The van der Waals surface area contributed by atoms with Gasteiger partial charge >= 0.3 is 0 Å². The van der Waals surface area contributed by atoms with E-state index in [4.69, 9.17) is 8.83 Å². The molecule has 11 rings (SSSR count). The van der Waals surface area contributed by atoms with Crippen LogP contribution >= 0.6 is 0 Å². The lowest BCUT2D eigenvalue weighted by Crippen LogP contribution is -2.43. The van der Waals surface area contributed by atoms with E-state index in [9.17, 15) is 24.3 Å². The van der Waals surface area contributed by atoms with Crippen molar-refractivity contribution >= 4 is 57.2 Å². The van der Waals surface area contributed by atoms with Crippen molar-refractivity contribution in [1.29, 1.82) is 0 Å². The van der Waals surface area contributed by atoms with E-state index < -0.39 is 64.8 Å². The van der Waals surface area contributed by atoms with Crippen LogP contribution in [0.25, 0.3) is 45.1 Å². The van der Waals surface area contributed by atoms with E-state index in [0.717, 1.165) is 5.57 Å². The average molecular weight is 771 g/mol. The van der Waals surface area contributed by atoms with Crippen LogP contribution in [0.1, 0.15) is 24.3 Å². The number of phenols is 1. The summed E-state index contributed by atoms with van der Waals surface area (Å²) in [4.78, 5) is 69.2. The number of benzene rings is 5. The molecule has 0 spiro atoms. The zero-order valence-electron chi connectivity index (χ0n) is 30.5. The number of rotatable bonds is 5. The highest BCUT2D eigenvalue weighted by Gasteiger charge is 2.62. The smallest absolute Gasteiger partial charge is 0.238 e. The second-order valence-corrected chi connectivity index (χ2v) is 15.3. The zero-order chi connectivity index (χ0) is 39.4. The fourth-order valence-corrected chi connectivity index (χ4v) is 9.69. The molecule has 0 radical (unpaired) electrons. The number of carbonyl (C=O) groups is 4. The Morgan fingerprint density at radius 2 is 1.14 bits per heavy atom. The van der Waals surface area contributed by atoms with Gasteiger partial charge < -0.3 is 13.9 Å². The van der Waals surface area contributed by atoms with Crippen molar-refractivity contribution in [3.63, 3.8) is 0 Å². The van der Waals surface area contributed by atoms with E-state index >= 15 is 4.39 Å². The molecule has 5 aromatic carbocycles. The number of nitrogens with zero attached hydrogens (tertiary/aromatic N) is 4. The number of amides is 4. The van der Waals surface area contributed by atoms with Gasteiger partial charge in [-0.2, -0.15) is 0 Å². The summed E-state index contributed by atoms with van der Waals surface area (Å²) in [6.45, 7) is 0. The van der Waals surface area contributed by atoms with Gasteiger partial charge in [0.15, 0.2) is 22.7 Å². The molecule has 2 saturated heterocycles. The Bertz CT molecular complexity index is 2850. The molecule has 1 saturated carbocycles. The van der Waals surface area contributed by atoms with Gasteiger partial charge in [-0.1, -0.05) is 42.0 Å². The van der Waals surface area contributed by atoms with E-state index in [1.165, 1.54) is 21.9 Å². The van der Waals surface area contributed by atoms with E-state index in [-0.39, 0.29) is 18.7 Å². The SMILES string of the molecule is O=C1C2CC=C3C(CC4C(=O)N(c5ccc(-c6nc7ccccc7o6)cc5)C(=O)C4C3c3ccc(O)c(F)c3)C2C(=O)N1c1ccc(-c2nc3ccccc3o2)cc1. The molecule has 4 aliphatic rings. The first kappa shape index (κ1) is 34.1. The summed E-state index contributed by atoms with van der Waals surface area (Å²) in [6, 6.07) is 32.5. The first-order valence-electron chi connectivity index (χ1n) is 19.1. The number of hydrogen-bond acceptors (Lipinski definition) is 9. The highest BCUT2D eigenvalue weighted by atomic mass is 19.1. The Balaban J connectivity index is 0.927. The van der Waals surface area contributed by atoms with Crippen molar-refractivity contribution in [2.45, 2.75) is 18.8 Å². The maximum atomic E-state index is 15.1. The molecule has 4 amide bonds. The number of hydrogen-bond donors (Lipinski definition) is 1. The number of aromatic nitrogens is 2. The van der Waals surface area contributed by atoms with Gasteiger partial charge in [-0.05, 0) is 109 Å². The fourth-order valence-electron chi connectivity index (χ4n) is 9.69. The molecule has 12 heteroatoms. The van der Waals surface area contributed by atoms with Crippen LogP contribution in [-0.2, 0) is 19.2 Å². The quantitative estimate of drug-likeness (QED) is 0.135. The number of allylic oxidation sites excluding steroid dienone is 2. The molecule has 4 heterocycles. The van der Waals surface area contributed by atoms with Crippen LogP contribution in [0.2, 0.25) is 0 Å². The topological polar surface area (TPSA) is 147 Å². The Kier molecular flexibility index (Phi) is 7.43. The second kappa shape index (κ2) is 12.7. The molecule has 284 valence electrons. The number of carbonyl (C=O) groups excluding carboxylic acids is 4. The predicted molar refractivity (Wildman–Crippen MR) is 209 cm³/mol. The van der Waals surface area contributed by atoms with Gasteiger partial charge in [0.25, 0.3) is 0 Å². The third-order valence-electron chi connectivity index (χ3n) is 12.3. The van der Waals surface area contributed by atoms with E-state index in [0.29, 0.717) is 62.0 Å². The van der Waals surface area contributed by atoms with Crippen molar-refractivity contribution < 1.29 is 37.5 Å². The first-order chi connectivity index (χ1) is 28.2. The fraction of sp³-hybridized carbons (Fsp3) is 0.174. The molecule has 6 unspecified atom stereocenters. The normalized spacial score (nSPS) is 24.1. The van der Waals surface area contributed by atoms with E-state index in [2.05, 4.69) is 9.97 Å². The van der Waals surface area contributed by atoms with Crippen molar-refractivity contribution in [2.24, 2.45) is 29.6 Å².